The van der Waals surface area contributed by atoms with Crippen LogP contribution in [0.25, 0.3) is 0 Å². The van der Waals surface area contributed by atoms with Crippen LogP contribution in [0.4, 0.5) is 10.2 Å². The van der Waals surface area contributed by atoms with Crippen LogP contribution in [0.5, 0.6) is 5.75 Å². The zero-order chi connectivity index (χ0) is 20.1. The first-order valence-electron chi connectivity index (χ1n) is 8.28. The Bertz CT molecular complexity index is 977. The number of carbonyl (C=O) groups is 1. The lowest BCUT2D eigenvalue weighted by atomic mass is 10.2. The summed E-state index contributed by atoms with van der Waals surface area (Å²) >= 11 is 12.3. The van der Waals surface area contributed by atoms with E-state index in [4.69, 9.17) is 33.7 Å². The Morgan fingerprint density at radius 2 is 1.82 bits per heavy atom. The minimum Gasteiger partial charge on any atom is -0.485 e. The van der Waals surface area contributed by atoms with Crippen molar-refractivity contribution >= 4 is 34.9 Å². The molecule has 0 bridgehead atoms. The van der Waals surface area contributed by atoms with E-state index in [0.717, 1.165) is 5.56 Å². The minimum atomic E-state index is -0.363. The Hall–Kier alpha value is -2.83. The van der Waals surface area contributed by atoms with E-state index < -0.39 is 0 Å². The lowest BCUT2D eigenvalue weighted by Crippen LogP contribution is -2.23. The molecular weight excluding hydrogens is 404 g/mol. The highest BCUT2D eigenvalue weighted by atomic mass is 35.5. The molecule has 1 heterocycles. The van der Waals surface area contributed by atoms with Gasteiger partial charge in [0.2, 0.25) is 0 Å². The molecule has 0 spiro atoms. The third-order valence-electron chi connectivity index (χ3n) is 3.94. The fourth-order valence-electron chi connectivity index (χ4n) is 2.40. The molecule has 1 aromatic heterocycles. The number of hydrogen-bond acceptors (Lipinski definition) is 4. The second-order valence-corrected chi connectivity index (χ2v) is 6.72. The fourth-order valence-corrected chi connectivity index (χ4v) is 2.91. The van der Waals surface area contributed by atoms with E-state index in [1.807, 2.05) is 0 Å². The van der Waals surface area contributed by atoms with Crippen molar-refractivity contribution < 1.29 is 13.9 Å². The minimum absolute atomic E-state index is 0.0744. The van der Waals surface area contributed by atoms with E-state index in [-0.39, 0.29) is 42.0 Å². The van der Waals surface area contributed by atoms with Crippen molar-refractivity contribution in [2.45, 2.75) is 13.2 Å². The van der Waals surface area contributed by atoms with Crippen LogP contribution in [-0.2, 0) is 13.2 Å². The van der Waals surface area contributed by atoms with Crippen molar-refractivity contribution in [2.75, 3.05) is 5.73 Å². The van der Waals surface area contributed by atoms with Gasteiger partial charge in [0, 0.05) is 28.4 Å². The predicted molar refractivity (Wildman–Crippen MR) is 107 cm³/mol. The SMILES string of the molecule is Nc1ncc(C(=O)NCc2ccc(F)cc2)cc1OCc1c(Cl)cccc1Cl. The van der Waals surface area contributed by atoms with Crippen LogP contribution < -0.4 is 15.8 Å². The van der Waals surface area contributed by atoms with E-state index in [9.17, 15) is 9.18 Å². The van der Waals surface area contributed by atoms with Gasteiger partial charge in [0.05, 0.1) is 5.56 Å². The second-order valence-electron chi connectivity index (χ2n) is 5.91. The molecule has 3 aromatic rings. The maximum absolute atomic E-state index is 12.9. The maximum Gasteiger partial charge on any atom is 0.253 e. The number of nitrogen functional groups attached to an aromatic ring is 1. The number of hydrogen-bond donors (Lipinski definition) is 2. The first kappa shape index (κ1) is 19.9. The van der Waals surface area contributed by atoms with Crippen LogP contribution in [0.3, 0.4) is 0 Å². The zero-order valence-electron chi connectivity index (χ0n) is 14.6. The average Bonchev–Trinajstić information content (AvgIpc) is 2.68. The monoisotopic (exact) mass is 419 g/mol. The van der Waals surface area contributed by atoms with E-state index in [1.54, 1.807) is 30.3 Å². The number of nitrogens with one attached hydrogen (secondary N) is 1. The number of anilines is 1. The zero-order valence-corrected chi connectivity index (χ0v) is 16.1. The molecule has 5 nitrogen and oxygen atoms in total. The van der Waals surface area contributed by atoms with Gasteiger partial charge >= 0.3 is 0 Å². The Morgan fingerprint density at radius 3 is 2.50 bits per heavy atom. The lowest BCUT2D eigenvalue weighted by Gasteiger charge is -2.12. The summed E-state index contributed by atoms with van der Waals surface area (Å²) in [5.74, 6) is -0.320. The van der Waals surface area contributed by atoms with Crippen molar-refractivity contribution in [1.82, 2.24) is 10.3 Å². The number of nitrogens with two attached hydrogens (primary N) is 1. The molecular formula is C20H16Cl2FN3O2. The smallest absolute Gasteiger partial charge is 0.253 e. The fraction of sp³-hybridized carbons (Fsp3) is 0.100. The van der Waals surface area contributed by atoms with Crippen LogP contribution in [0.15, 0.2) is 54.7 Å². The normalized spacial score (nSPS) is 10.5. The van der Waals surface area contributed by atoms with Gasteiger partial charge in [-0.25, -0.2) is 9.37 Å². The number of rotatable bonds is 6. The van der Waals surface area contributed by atoms with Gasteiger partial charge in [-0.15, -0.1) is 0 Å². The average molecular weight is 420 g/mol. The van der Waals surface area contributed by atoms with Gasteiger partial charge in [-0.3, -0.25) is 4.79 Å². The van der Waals surface area contributed by atoms with Crippen molar-refractivity contribution in [3.8, 4) is 5.75 Å². The molecule has 0 saturated carbocycles. The van der Waals surface area contributed by atoms with Gasteiger partial charge in [-0.2, -0.15) is 0 Å². The number of halogens is 3. The molecule has 0 fully saturated rings. The Kier molecular flexibility index (Phi) is 6.34. The van der Waals surface area contributed by atoms with Gasteiger partial charge in [0.15, 0.2) is 11.6 Å². The molecule has 28 heavy (non-hydrogen) atoms. The summed E-state index contributed by atoms with van der Waals surface area (Å²) in [6.45, 7) is 0.319. The molecule has 0 unspecified atom stereocenters. The number of benzene rings is 2. The third kappa shape index (κ3) is 4.91. The van der Waals surface area contributed by atoms with Crippen LogP contribution in [0.2, 0.25) is 10.0 Å². The molecule has 8 heteroatoms. The second kappa shape index (κ2) is 8.91. The van der Waals surface area contributed by atoms with Gasteiger partial charge in [0.1, 0.15) is 12.4 Å². The number of carbonyl (C=O) groups excluding carboxylic acids is 1. The summed E-state index contributed by atoms with van der Waals surface area (Å²) in [5.41, 5.74) is 7.49. The molecule has 1 amide bonds. The van der Waals surface area contributed by atoms with Crippen molar-refractivity contribution in [2.24, 2.45) is 0 Å². The molecule has 0 aliphatic heterocycles. The standard InChI is InChI=1S/C20H16Cl2FN3O2/c21-16-2-1-3-17(22)15(16)11-28-18-8-13(10-25-19(18)24)20(27)26-9-12-4-6-14(23)7-5-12/h1-8,10H,9,11H2,(H2,24,25)(H,26,27). The Morgan fingerprint density at radius 1 is 1.14 bits per heavy atom. The van der Waals surface area contributed by atoms with Crippen LogP contribution in [0, 0.1) is 5.82 Å². The highest BCUT2D eigenvalue weighted by Gasteiger charge is 2.12. The predicted octanol–water partition coefficient (Wildman–Crippen LogP) is 4.62. The molecule has 0 aliphatic carbocycles. The third-order valence-corrected chi connectivity index (χ3v) is 4.65. The van der Waals surface area contributed by atoms with E-state index in [1.165, 1.54) is 24.4 Å². The number of amides is 1. The molecule has 2 aromatic carbocycles. The van der Waals surface area contributed by atoms with E-state index in [2.05, 4.69) is 10.3 Å². The van der Waals surface area contributed by atoms with Gasteiger partial charge in [0.25, 0.3) is 5.91 Å². The Balaban J connectivity index is 1.68. The van der Waals surface area contributed by atoms with Crippen molar-refractivity contribution in [3.63, 3.8) is 0 Å². The summed E-state index contributed by atoms with van der Waals surface area (Å²) in [4.78, 5) is 16.4. The number of nitrogens with zero attached hydrogens (tertiary/aromatic N) is 1. The first-order chi connectivity index (χ1) is 13.4. The summed E-state index contributed by atoms with van der Waals surface area (Å²) in [7, 11) is 0. The largest absolute Gasteiger partial charge is 0.485 e. The highest BCUT2D eigenvalue weighted by Crippen LogP contribution is 2.27. The molecule has 0 atom stereocenters. The molecule has 0 aliphatic rings. The van der Waals surface area contributed by atoms with Crippen LogP contribution >= 0.6 is 23.2 Å². The maximum atomic E-state index is 12.9. The molecule has 0 saturated heterocycles. The van der Waals surface area contributed by atoms with Crippen molar-refractivity contribution in [1.29, 1.82) is 0 Å². The van der Waals surface area contributed by atoms with E-state index in [0.29, 0.717) is 15.6 Å². The molecule has 3 N–H and O–H groups in total. The highest BCUT2D eigenvalue weighted by molar-refractivity contribution is 6.35. The van der Waals surface area contributed by atoms with Gasteiger partial charge < -0.3 is 15.8 Å². The molecule has 0 radical (unpaired) electrons. The number of aromatic nitrogens is 1. The quantitative estimate of drug-likeness (QED) is 0.610. The molecule has 144 valence electrons. The van der Waals surface area contributed by atoms with Crippen LogP contribution in [0.1, 0.15) is 21.5 Å². The van der Waals surface area contributed by atoms with Crippen molar-refractivity contribution in [3.05, 3.63) is 87.3 Å². The topological polar surface area (TPSA) is 77.2 Å². The summed E-state index contributed by atoms with van der Waals surface area (Å²) < 4.78 is 18.6. The lowest BCUT2D eigenvalue weighted by molar-refractivity contribution is 0.0950. The first-order valence-corrected chi connectivity index (χ1v) is 9.03. The van der Waals surface area contributed by atoms with E-state index >= 15 is 0 Å². The van der Waals surface area contributed by atoms with Crippen LogP contribution in [-0.4, -0.2) is 10.9 Å². The Labute approximate surface area is 171 Å². The summed E-state index contributed by atoms with van der Waals surface area (Å²) in [6.07, 6.45) is 1.35. The number of ether oxygens (including phenoxy) is 1. The number of pyridine rings is 1. The van der Waals surface area contributed by atoms with Gasteiger partial charge in [-0.05, 0) is 35.9 Å². The molecule has 3 rings (SSSR count). The van der Waals surface area contributed by atoms with Gasteiger partial charge in [-0.1, -0.05) is 41.4 Å². The summed E-state index contributed by atoms with van der Waals surface area (Å²) in [6, 6.07) is 12.5. The summed E-state index contributed by atoms with van der Waals surface area (Å²) in [5, 5.41) is 3.66.